The summed E-state index contributed by atoms with van der Waals surface area (Å²) < 4.78 is 2.00. The zero-order valence-corrected chi connectivity index (χ0v) is 10.1. The van der Waals surface area contributed by atoms with Crippen LogP contribution in [-0.4, -0.2) is 26.7 Å². The zero-order valence-electron chi connectivity index (χ0n) is 10.1. The number of carboxylic acid groups (broad SMARTS) is 1. The third-order valence-electron chi connectivity index (χ3n) is 3.56. The maximum atomic E-state index is 10.8. The lowest BCUT2D eigenvalue weighted by Gasteiger charge is -2.26. The first-order valence-electron chi connectivity index (χ1n) is 6.08. The summed E-state index contributed by atoms with van der Waals surface area (Å²) in [6.07, 6.45) is 7.13. The van der Waals surface area contributed by atoms with Crippen LogP contribution in [0.25, 0.3) is 0 Å². The van der Waals surface area contributed by atoms with E-state index in [0.29, 0.717) is 6.04 Å². The lowest BCUT2D eigenvalue weighted by atomic mass is 9.86. The van der Waals surface area contributed by atoms with Gasteiger partial charge in [-0.25, -0.2) is 4.98 Å². The largest absolute Gasteiger partial charge is 0.481 e. The number of nitrogens with zero attached hydrogens (tertiary/aromatic N) is 2. The van der Waals surface area contributed by atoms with Gasteiger partial charge in [0.05, 0.1) is 17.9 Å². The van der Waals surface area contributed by atoms with Crippen molar-refractivity contribution < 1.29 is 9.90 Å². The van der Waals surface area contributed by atoms with Crippen LogP contribution in [-0.2, 0) is 18.4 Å². The summed E-state index contributed by atoms with van der Waals surface area (Å²) >= 11 is 0. The van der Waals surface area contributed by atoms with Crippen molar-refractivity contribution in [3.63, 3.8) is 0 Å². The predicted octanol–water partition coefficient (Wildman–Crippen LogP) is 1.15. The van der Waals surface area contributed by atoms with Gasteiger partial charge in [-0.05, 0) is 25.7 Å². The second-order valence-electron chi connectivity index (χ2n) is 4.76. The molecular formula is C12H19N3O2. The molecule has 17 heavy (non-hydrogen) atoms. The monoisotopic (exact) mass is 237 g/mol. The van der Waals surface area contributed by atoms with Gasteiger partial charge >= 0.3 is 5.97 Å². The van der Waals surface area contributed by atoms with Crippen molar-refractivity contribution in [3.05, 3.63) is 18.2 Å². The molecule has 2 rings (SSSR count). The molecule has 0 unspecified atom stereocenters. The summed E-state index contributed by atoms with van der Waals surface area (Å²) in [5.74, 6) is -0.778. The molecule has 2 N–H and O–H groups in total. The third kappa shape index (κ3) is 3.06. The van der Waals surface area contributed by atoms with Crippen LogP contribution in [0.3, 0.4) is 0 Å². The average molecular weight is 237 g/mol. The first-order valence-corrected chi connectivity index (χ1v) is 6.08. The van der Waals surface area contributed by atoms with Gasteiger partial charge in [0.25, 0.3) is 0 Å². The molecular weight excluding hydrogens is 218 g/mol. The van der Waals surface area contributed by atoms with Gasteiger partial charge in [0, 0.05) is 25.8 Å². The number of aromatic nitrogens is 2. The van der Waals surface area contributed by atoms with Crippen LogP contribution in [0, 0.1) is 5.92 Å². The second-order valence-corrected chi connectivity index (χ2v) is 4.76. The minimum Gasteiger partial charge on any atom is -0.481 e. The summed E-state index contributed by atoms with van der Waals surface area (Å²) in [6, 6.07) is 0.445. The molecule has 5 nitrogen and oxygen atoms in total. The van der Waals surface area contributed by atoms with Gasteiger partial charge in [0.1, 0.15) is 0 Å². The number of carbonyl (C=O) groups is 1. The Morgan fingerprint density at radius 2 is 2.24 bits per heavy atom. The summed E-state index contributed by atoms with van der Waals surface area (Å²) in [5, 5.41) is 12.4. The molecule has 1 aliphatic rings. The van der Waals surface area contributed by atoms with Crippen molar-refractivity contribution in [2.45, 2.75) is 38.3 Å². The van der Waals surface area contributed by atoms with Crippen molar-refractivity contribution in [1.82, 2.24) is 14.9 Å². The Labute approximate surface area is 101 Å². The fourth-order valence-corrected chi connectivity index (χ4v) is 2.35. The van der Waals surface area contributed by atoms with Gasteiger partial charge < -0.3 is 15.0 Å². The van der Waals surface area contributed by atoms with Crippen molar-refractivity contribution >= 4 is 5.97 Å². The normalized spacial score (nSPS) is 24.8. The molecule has 0 radical (unpaired) electrons. The van der Waals surface area contributed by atoms with E-state index in [1.54, 1.807) is 6.33 Å². The average Bonchev–Trinajstić information content (AvgIpc) is 2.73. The minimum atomic E-state index is -0.643. The van der Waals surface area contributed by atoms with Crippen molar-refractivity contribution in [3.8, 4) is 0 Å². The van der Waals surface area contributed by atoms with Crippen LogP contribution < -0.4 is 5.32 Å². The quantitative estimate of drug-likeness (QED) is 0.824. The predicted molar refractivity (Wildman–Crippen MR) is 63.4 cm³/mol. The smallest absolute Gasteiger partial charge is 0.306 e. The van der Waals surface area contributed by atoms with E-state index in [2.05, 4.69) is 10.3 Å². The SMILES string of the molecule is Cn1cncc1CNC1CCC(C(=O)O)CC1. The topological polar surface area (TPSA) is 67.2 Å². The number of hydrogen-bond acceptors (Lipinski definition) is 3. The molecule has 0 spiro atoms. The molecule has 94 valence electrons. The van der Waals surface area contributed by atoms with Crippen molar-refractivity contribution in [2.75, 3.05) is 0 Å². The maximum absolute atomic E-state index is 10.8. The molecule has 1 aromatic rings. The second kappa shape index (κ2) is 5.31. The fraction of sp³-hybridized carbons (Fsp3) is 0.667. The zero-order chi connectivity index (χ0) is 12.3. The minimum absolute atomic E-state index is 0.134. The molecule has 0 saturated heterocycles. The number of nitrogens with one attached hydrogen (secondary N) is 1. The van der Waals surface area contributed by atoms with Gasteiger partial charge in [0.2, 0.25) is 0 Å². The molecule has 0 atom stereocenters. The van der Waals surface area contributed by atoms with Crippen LogP contribution in [0.5, 0.6) is 0 Å². The van der Waals surface area contributed by atoms with Crippen LogP contribution in [0.15, 0.2) is 12.5 Å². The molecule has 0 amide bonds. The molecule has 0 bridgehead atoms. The first-order chi connectivity index (χ1) is 8.16. The van der Waals surface area contributed by atoms with Crippen molar-refractivity contribution in [1.29, 1.82) is 0 Å². The van der Waals surface area contributed by atoms with Gasteiger partial charge in [-0.2, -0.15) is 0 Å². The highest BCUT2D eigenvalue weighted by molar-refractivity contribution is 5.70. The summed E-state index contributed by atoms with van der Waals surface area (Å²) in [6.45, 7) is 0.804. The summed E-state index contributed by atoms with van der Waals surface area (Å²) in [7, 11) is 1.98. The van der Waals surface area contributed by atoms with E-state index in [1.807, 2.05) is 17.8 Å². The van der Waals surface area contributed by atoms with Crippen LogP contribution in [0.2, 0.25) is 0 Å². The molecule has 1 fully saturated rings. The molecule has 1 saturated carbocycles. The maximum Gasteiger partial charge on any atom is 0.306 e. The molecule has 1 aromatic heterocycles. The fourth-order valence-electron chi connectivity index (χ4n) is 2.35. The molecule has 5 heteroatoms. The number of carboxylic acids is 1. The Kier molecular flexibility index (Phi) is 3.78. The summed E-state index contributed by atoms with van der Waals surface area (Å²) in [5.41, 5.74) is 1.16. The highest BCUT2D eigenvalue weighted by Crippen LogP contribution is 2.24. The van der Waals surface area contributed by atoms with Gasteiger partial charge in [-0.15, -0.1) is 0 Å². The number of hydrogen-bond donors (Lipinski definition) is 2. The van der Waals surface area contributed by atoms with E-state index in [0.717, 1.165) is 37.9 Å². The van der Waals surface area contributed by atoms with E-state index >= 15 is 0 Å². The first kappa shape index (κ1) is 12.1. The van der Waals surface area contributed by atoms with Crippen LogP contribution in [0.1, 0.15) is 31.4 Å². The highest BCUT2D eigenvalue weighted by Gasteiger charge is 2.25. The van der Waals surface area contributed by atoms with Gasteiger partial charge in [-0.3, -0.25) is 4.79 Å². The highest BCUT2D eigenvalue weighted by atomic mass is 16.4. The number of aryl methyl sites for hydroxylation is 1. The van der Waals surface area contributed by atoms with E-state index < -0.39 is 5.97 Å². The van der Waals surface area contributed by atoms with Gasteiger partial charge in [0.15, 0.2) is 0 Å². The Hall–Kier alpha value is -1.36. The number of imidazole rings is 1. The number of rotatable bonds is 4. The Bertz CT molecular complexity index is 381. The van der Waals surface area contributed by atoms with E-state index in [4.69, 9.17) is 5.11 Å². The van der Waals surface area contributed by atoms with Gasteiger partial charge in [-0.1, -0.05) is 0 Å². The standard InChI is InChI=1S/C12H19N3O2/c1-15-8-13-6-11(15)7-14-10-4-2-9(3-5-10)12(16)17/h6,8-10,14H,2-5,7H2,1H3,(H,16,17). The third-order valence-corrected chi connectivity index (χ3v) is 3.56. The molecule has 1 aliphatic carbocycles. The van der Waals surface area contributed by atoms with Crippen molar-refractivity contribution in [2.24, 2.45) is 13.0 Å². The summed E-state index contributed by atoms with van der Waals surface area (Å²) in [4.78, 5) is 14.9. The van der Waals surface area contributed by atoms with E-state index in [-0.39, 0.29) is 5.92 Å². The lowest BCUT2D eigenvalue weighted by Crippen LogP contribution is -2.34. The Balaban J connectivity index is 1.75. The molecule has 0 aliphatic heterocycles. The van der Waals surface area contributed by atoms with E-state index in [1.165, 1.54) is 0 Å². The van der Waals surface area contributed by atoms with Crippen LogP contribution >= 0.6 is 0 Å². The van der Waals surface area contributed by atoms with E-state index in [9.17, 15) is 4.79 Å². The Morgan fingerprint density at radius 3 is 2.76 bits per heavy atom. The molecule has 1 heterocycles. The molecule has 0 aromatic carbocycles. The Morgan fingerprint density at radius 1 is 1.53 bits per heavy atom. The lowest BCUT2D eigenvalue weighted by molar-refractivity contribution is -0.142. The van der Waals surface area contributed by atoms with Crippen LogP contribution in [0.4, 0.5) is 0 Å². The number of aliphatic carboxylic acids is 1.